The fraction of sp³-hybridized carbons (Fsp3) is 0.333. The summed E-state index contributed by atoms with van der Waals surface area (Å²) in [4.78, 5) is 23.8. The third-order valence-electron chi connectivity index (χ3n) is 2.75. The van der Waals surface area contributed by atoms with Crippen LogP contribution in [0.2, 0.25) is 0 Å². The second kappa shape index (κ2) is 8.65. The number of thioether (sulfide) groups is 1. The van der Waals surface area contributed by atoms with Crippen molar-refractivity contribution in [3.63, 3.8) is 0 Å². The first kappa shape index (κ1) is 18.2. The molecule has 2 amide bonds. The van der Waals surface area contributed by atoms with Gasteiger partial charge in [0.05, 0.1) is 12.9 Å². The summed E-state index contributed by atoms with van der Waals surface area (Å²) in [6.45, 7) is 4.01. The van der Waals surface area contributed by atoms with Crippen molar-refractivity contribution in [2.45, 2.75) is 24.2 Å². The van der Waals surface area contributed by atoms with Gasteiger partial charge in [0.2, 0.25) is 11.0 Å². The van der Waals surface area contributed by atoms with E-state index in [0.29, 0.717) is 20.8 Å². The predicted octanol–water partition coefficient (Wildman–Crippen LogP) is 2.42. The summed E-state index contributed by atoms with van der Waals surface area (Å²) in [7, 11) is 1.55. The van der Waals surface area contributed by atoms with Crippen LogP contribution in [-0.4, -0.2) is 40.9 Å². The zero-order chi connectivity index (χ0) is 17.5. The average molecular weight is 366 g/mol. The van der Waals surface area contributed by atoms with Crippen LogP contribution < -0.4 is 15.4 Å². The maximum atomic E-state index is 12.0. The van der Waals surface area contributed by atoms with Gasteiger partial charge in [0, 0.05) is 11.6 Å². The van der Waals surface area contributed by atoms with Crippen LogP contribution in [0.15, 0.2) is 28.6 Å². The van der Waals surface area contributed by atoms with Gasteiger partial charge in [0.15, 0.2) is 4.34 Å². The molecular weight excluding hydrogens is 348 g/mol. The van der Waals surface area contributed by atoms with Crippen molar-refractivity contribution < 1.29 is 14.3 Å². The lowest BCUT2D eigenvalue weighted by Crippen LogP contribution is -2.31. The summed E-state index contributed by atoms with van der Waals surface area (Å²) in [5.74, 6) is -0.0781. The van der Waals surface area contributed by atoms with Crippen molar-refractivity contribution in [1.29, 1.82) is 0 Å². The van der Waals surface area contributed by atoms with Gasteiger partial charge < -0.3 is 10.1 Å². The molecular formula is C15H18N4O3S2. The van der Waals surface area contributed by atoms with Gasteiger partial charge in [-0.1, -0.05) is 23.1 Å². The van der Waals surface area contributed by atoms with Gasteiger partial charge in [-0.05, 0) is 38.1 Å². The summed E-state index contributed by atoms with van der Waals surface area (Å²) in [6, 6.07) is 6.80. The molecule has 2 rings (SSSR count). The Morgan fingerprint density at radius 3 is 2.58 bits per heavy atom. The van der Waals surface area contributed by atoms with Crippen molar-refractivity contribution in [2.75, 3.05) is 18.2 Å². The van der Waals surface area contributed by atoms with E-state index >= 15 is 0 Å². The molecule has 0 fully saturated rings. The summed E-state index contributed by atoms with van der Waals surface area (Å²) < 4.78 is 5.70. The number of imide groups is 1. The monoisotopic (exact) mass is 366 g/mol. The quantitative estimate of drug-likeness (QED) is 0.727. The third-order valence-corrected chi connectivity index (χ3v) is 4.74. The van der Waals surface area contributed by atoms with Crippen LogP contribution in [0.5, 0.6) is 5.75 Å². The van der Waals surface area contributed by atoms with E-state index in [1.54, 1.807) is 31.4 Å². The highest BCUT2D eigenvalue weighted by Gasteiger charge is 2.13. The minimum atomic E-state index is -0.442. The second-order valence-corrected chi connectivity index (χ2v) is 7.27. The van der Waals surface area contributed by atoms with Crippen molar-refractivity contribution >= 4 is 40.0 Å². The molecule has 2 aromatic rings. The molecule has 0 atom stereocenters. The highest BCUT2D eigenvalue weighted by molar-refractivity contribution is 8.01. The zero-order valence-electron chi connectivity index (χ0n) is 13.5. The lowest BCUT2D eigenvalue weighted by atomic mass is 10.2. The van der Waals surface area contributed by atoms with Crippen LogP contribution in [-0.2, 0) is 4.79 Å². The molecule has 9 heteroatoms. The predicted molar refractivity (Wildman–Crippen MR) is 94.9 cm³/mol. The Bertz CT molecular complexity index is 701. The van der Waals surface area contributed by atoms with Gasteiger partial charge in [-0.3, -0.25) is 14.9 Å². The Hall–Kier alpha value is -2.13. The number of carbonyl (C=O) groups is 2. The largest absolute Gasteiger partial charge is 0.497 e. The van der Waals surface area contributed by atoms with E-state index in [4.69, 9.17) is 4.74 Å². The van der Waals surface area contributed by atoms with Gasteiger partial charge >= 0.3 is 0 Å². The number of hydrogen-bond acceptors (Lipinski definition) is 8. The maximum Gasteiger partial charge on any atom is 0.257 e. The number of nitrogens with zero attached hydrogens (tertiary/aromatic N) is 2. The highest BCUT2D eigenvalue weighted by atomic mass is 32.2. The standard InChI is InChI=1S/C15H18N4O3S2/c1-9(2)16-14-18-19-15(24-14)23-8-12(20)17-13(21)10-4-6-11(22-3)7-5-10/h4-7,9H,8H2,1-3H3,(H,16,18)(H,17,20,21). The van der Waals surface area contributed by atoms with E-state index in [0.717, 1.165) is 0 Å². The third kappa shape index (κ3) is 5.50. The Kier molecular flexibility index (Phi) is 6.56. The molecule has 0 aliphatic carbocycles. The Balaban J connectivity index is 1.81. The second-order valence-electron chi connectivity index (χ2n) is 5.07. The zero-order valence-corrected chi connectivity index (χ0v) is 15.2. The van der Waals surface area contributed by atoms with Gasteiger partial charge in [-0.25, -0.2) is 0 Å². The number of ether oxygens (including phenoxy) is 1. The fourth-order valence-corrected chi connectivity index (χ4v) is 3.38. The van der Waals surface area contributed by atoms with Crippen LogP contribution in [0.3, 0.4) is 0 Å². The molecule has 7 nitrogen and oxygen atoms in total. The van der Waals surface area contributed by atoms with Crippen LogP contribution >= 0.6 is 23.1 Å². The molecule has 0 saturated carbocycles. The van der Waals surface area contributed by atoms with Crippen molar-refractivity contribution in [3.05, 3.63) is 29.8 Å². The SMILES string of the molecule is COc1ccc(C(=O)NC(=O)CSc2nnc(NC(C)C)s2)cc1. The molecule has 0 aliphatic heterocycles. The molecule has 24 heavy (non-hydrogen) atoms. The number of rotatable bonds is 7. The molecule has 2 N–H and O–H groups in total. The minimum Gasteiger partial charge on any atom is -0.497 e. The van der Waals surface area contributed by atoms with Crippen LogP contribution in [0.25, 0.3) is 0 Å². The molecule has 128 valence electrons. The molecule has 1 aromatic heterocycles. The summed E-state index contributed by atoms with van der Waals surface area (Å²) in [5, 5.41) is 14.2. The van der Waals surface area contributed by atoms with Gasteiger partial charge in [0.1, 0.15) is 5.75 Å². The first-order valence-electron chi connectivity index (χ1n) is 7.19. The Morgan fingerprint density at radius 2 is 1.96 bits per heavy atom. The summed E-state index contributed by atoms with van der Waals surface area (Å²) >= 11 is 2.61. The maximum absolute atomic E-state index is 12.0. The minimum absolute atomic E-state index is 0.0954. The molecule has 0 unspecified atom stereocenters. The van der Waals surface area contributed by atoms with Crippen LogP contribution in [0, 0.1) is 0 Å². The Labute approximate surface area is 148 Å². The highest BCUT2D eigenvalue weighted by Crippen LogP contribution is 2.25. The number of methoxy groups -OCH3 is 1. The lowest BCUT2D eigenvalue weighted by molar-refractivity contribution is -0.117. The van der Waals surface area contributed by atoms with E-state index in [1.807, 2.05) is 13.8 Å². The summed E-state index contributed by atoms with van der Waals surface area (Å²) in [5.41, 5.74) is 0.397. The van der Waals surface area contributed by atoms with E-state index in [2.05, 4.69) is 20.8 Å². The number of anilines is 1. The van der Waals surface area contributed by atoms with Crippen molar-refractivity contribution in [2.24, 2.45) is 0 Å². The van der Waals surface area contributed by atoms with Gasteiger partial charge in [-0.15, -0.1) is 10.2 Å². The smallest absolute Gasteiger partial charge is 0.257 e. The molecule has 0 spiro atoms. The van der Waals surface area contributed by atoms with Gasteiger partial charge in [-0.2, -0.15) is 0 Å². The van der Waals surface area contributed by atoms with Crippen molar-refractivity contribution in [1.82, 2.24) is 15.5 Å². The number of carbonyl (C=O) groups excluding carboxylic acids is 2. The molecule has 1 heterocycles. The normalized spacial score (nSPS) is 10.5. The molecule has 0 saturated heterocycles. The molecule has 0 aliphatic rings. The molecule has 0 bridgehead atoms. The van der Waals surface area contributed by atoms with E-state index in [-0.39, 0.29) is 17.7 Å². The van der Waals surface area contributed by atoms with E-state index < -0.39 is 5.91 Å². The number of hydrogen-bond donors (Lipinski definition) is 2. The first-order chi connectivity index (χ1) is 11.5. The van der Waals surface area contributed by atoms with Crippen LogP contribution in [0.4, 0.5) is 5.13 Å². The van der Waals surface area contributed by atoms with E-state index in [9.17, 15) is 9.59 Å². The van der Waals surface area contributed by atoms with Gasteiger partial charge in [0.25, 0.3) is 5.91 Å². The molecule has 0 radical (unpaired) electrons. The van der Waals surface area contributed by atoms with Crippen molar-refractivity contribution in [3.8, 4) is 5.75 Å². The summed E-state index contributed by atoms with van der Waals surface area (Å²) in [6.07, 6.45) is 0. The fourth-order valence-electron chi connectivity index (χ4n) is 1.68. The topological polar surface area (TPSA) is 93.2 Å². The van der Waals surface area contributed by atoms with Crippen LogP contribution in [0.1, 0.15) is 24.2 Å². The van der Waals surface area contributed by atoms with E-state index in [1.165, 1.54) is 23.1 Å². The number of aromatic nitrogens is 2. The Morgan fingerprint density at radius 1 is 1.25 bits per heavy atom. The average Bonchev–Trinajstić information content (AvgIpc) is 2.99. The first-order valence-corrected chi connectivity index (χ1v) is 8.99. The lowest BCUT2D eigenvalue weighted by Gasteiger charge is -2.04. The molecule has 1 aromatic carbocycles. The number of benzene rings is 1. The number of nitrogens with one attached hydrogen (secondary N) is 2. The number of amides is 2.